The van der Waals surface area contributed by atoms with Crippen LogP contribution in [0.15, 0.2) is 48.8 Å². The monoisotopic (exact) mass is 327 g/mol. The number of aliphatic hydroxyl groups excluding tert-OH is 1. The van der Waals surface area contributed by atoms with Crippen LogP contribution < -0.4 is 0 Å². The van der Waals surface area contributed by atoms with Crippen LogP contribution in [0.4, 0.5) is 4.39 Å². The number of hydrogen-bond acceptors (Lipinski definition) is 3. The van der Waals surface area contributed by atoms with Crippen molar-refractivity contribution >= 4 is 0 Å². The summed E-state index contributed by atoms with van der Waals surface area (Å²) < 4.78 is 13.3. The van der Waals surface area contributed by atoms with Crippen LogP contribution in [0.25, 0.3) is 0 Å². The van der Waals surface area contributed by atoms with E-state index in [2.05, 4.69) is 16.3 Å². The fourth-order valence-electron chi connectivity index (χ4n) is 3.45. The highest BCUT2D eigenvalue weighted by Gasteiger charge is 2.23. The maximum Gasteiger partial charge on any atom is 0.123 e. The zero-order valence-electron chi connectivity index (χ0n) is 13.8. The molecule has 1 aliphatic rings. The summed E-state index contributed by atoms with van der Waals surface area (Å²) >= 11 is 0. The number of halogens is 1. The highest BCUT2D eigenvalue weighted by atomic mass is 19.1. The predicted octanol–water partition coefficient (Wildman–Crippen LogP) is 3.40. The van der Waals surface area contributed by atoms with Crippen LogP contribution in [0.2, 0.25) is 0 Å². The summed E-state index contributed by atoms with van der Waals surface area (Å²) in [6.45, 7) is 2.05. The number of nitrogens with zero attached hydrogens (tertiary/aromatic N) is 2. The fourth-order valence-corrected chi connectivity index (χ4v) is 3.45. The van der Waals surface area contributed by atoms with Crippen LogP contribution in [0, 0.1) is 12.2 Å². The molecule has 0 saturated carbocycles. The van der Waals surface area contributed by atoms with Crippen molar-refractivity contribution in [2.24, 2.45) is 0 Å². The van der Waals surface area contributed by atoms with Gasteiger partial charge >= 0.3 is 0 Å². The lowest BCUT2D eigenvalue weighted by Gasteiger charge is -2.35. The van der Waals surface area contributed by atoms with Crippen molar-refractivity contribution in [1.29, 1.82) is 0 Å². The van der Waals surface area contributed by atoms with E-state index < -0.39 is 0 Å². The fraction of sp³-hybridized carbons (Fsp3) is 0.400. The van der Waals surface area contributed by atoms with E-state index in [1.807, 2.05) is 24.3 Å². The van der Waals surface area contributed by atoms with Crippen LogP contribution in [-0.4, -0.2) is 40.7 Å². The maximum atomic E-state index is 13.3. The minimum Gasteiger partial charge on any atom is -0.395 e. The molecule has 2 atom stereocenters. The van der Waals surface area contributed by atoms with Gasteiger partial charge in [-0.05, 0) is 61.2 Å². The van der Waals surface area contributed by atoms with Crippen molar-refractivity contribution in [1.82, 2.24) is 9.88 Å². The van der Waals surface area contributed by atoms with E-state index >= 15 is 0 Å². The molecule has 24 heavy (non-hydrogen) atoms. The van der Waals surface area contributed by atoms with E-state index in [1.54, 1.807) is 12.4 Å². The average Bonchev–Trinajstić information content (AvgIpc) is 2.64. The Bertz CT molecular complexity index is 617. The second kappa shape index (κ2) is 8.36. The van der Waals surface area contributed by atoms with E-state index in [-0.39, 0.29) is 24.4 Å². The summed E-state index contributed by atoms with van der Waals surface area (Å²) in [5, 5.41) is 9.59. The largest absolute Gasteiger partial charge is 0.395 e. The van der Waals surface area contributed by atoms with Gasteiger partial charge in [0.1, 0.15) is 5.82 Å². The number of benzene rings is 1. The zero-order valence-corrected chi connectivity index (χ0v) is 13.8. The number of pyridine rings is 1. The summed E-state index contributed by atoms with van der Waals surface area (Å²) in [4.78, 5) is 6.44. The topological polar surface area (TPSA) is 36.4 Å². The lowest BCUT2D eigenvalue weighted by Crippen LogP contribution is -2.42. The predicted molar refractivity (Wildman–Crippen MR) is 93.1 cm³/mol. The van der Waals surface area contributed by atoms with Crippen LogP contribution in [-0.2, 0) is 0 Å². The Morgan fingerprint density at radius 2 is 1.83 bits per heavy atom. The third kappa shape index (κ3) is 4.19. The van der Waals surface area contributed by atoms with Gasteiger partial charge in [-0.1, -0.05) is 18.6 Å². The van der Waals surface area contributed by atoms with Gasteiger partial charge in [0.15, 0.2) is 0 Å². The molecule has 127 valence electrons. The summed E-state index contributed by atoms with van der Waals surface area (Å²) in [7, 11) is 0. The smallest absolute Gasteiger partial charge is 0.123 e. The van der Waals surface area contributed by atoms with Crippen molar-refractivity contribution < 1.29 is 9.50 Å². The van der Waals surface area contributed by atoms with E-state index in [0.29, 0.717) is 0 Å². The van der Waals surface area contributed by atoms with Gasteiger partial charge in [-0.3, -0.25) is 9.88 Å². The average molecular weight is 327 g/mol. The number of likely N-dealkylation sites (tertiary alicyclic amines) is 1. The Hall–Kier alpha value is -1.78. The molecule has 1 aliphatic heterocycles. The highest BCUT2D eigenvalue weighted by Crippen LogP contribution is 2.28. The third-order valence-corrected chi connectivity index (χ3v) is 4.83. The first-order valence-electron chi connectivity index (χ1n) is 8.61. The molecule has 1 fully saturated rings. The molecule has 2 aromatic rings. The molecule has 2 unspecified atom stereocenters. The standard InChI is InChI=1S/C20H24FN2O/c21-18-6-4-16(5-7-18)20(17-8-11-22-12-9-17)10-14-23-13-2-1-3-19(23)15-24/h4-12,19-20,24H,1-3,13-15H2. The molecule has 4 heteroatoms. The van der Waals surface area contributed by atoms with Gasteiger partial charge in [-0.25, -0.2) is 4.39 Å². The number of piperidine rings is 1. The first-order valence-corrected chi connectivity index (χ1v) is 8.61. The summed E-state index contributed by atoms with van der Waals surface area (Å²) in [5.74, 6) is -0.126. The molecule has 2 heterocycles. The molecular formula is C20H24FN2O. The van der Waals surface area contributed by atoms with Gasteiger partial charge in [0.2, 0.25) is 0 Å². The van der Waals surface area contributed by atoms with Crippen molar-refractivity contribution in [2.45, 2.75) is 31.2 Å². The zero-order chi connectivity index (χ0) is 16.8. The number of rotatable bonds is 6. The van der Waals surface area contributed by atoms with Crippen molar-refractivity contribution in [3.63, 3.8) is 0 Å². The van der Waals surface area contributed by atoms with Crippen molar-refractivity contribution in [2.75, 3.05) is 19.7 Å². The minimum absolute atomic E-state index is 0.0925. The van der Waals surface area contributed by atoms with E-state index in [9.17, 15) is 9.50 Å². The molecule has 1 saturated heterocycles. The van der Waals surface area contributed by atoms with Gasteiger partial charge in [-0.15, -0.1) is 0 Å². The first-order chi connectivity index (χ1) is 11.8. The molecular weight excluding hydrogens is 303 g/mol. The van der Waals surface area contributed by atoms with Gasteiger partial charge in [0.05, 0.1) is 6.61 Å². The number of aliphatic hydroxyl groups is 1. The lowest BCUT2D eigenvalue weighted by molar-refractivity contribution is 0.0969. The molecule has 1 N–H and O–H groups in total. The van der Waals surface area contributed by atoms with Gasteiger partial charge in [0, 0.05) is 30.9 Å². The second-order valence-corrected chi connectivity index (χ2v) is 6.37. The molecule has 0 amide bonds. The molecule has 1 radical (unpaired) electrons. The number of aromatic nitrogens is 1. The minimum atomic E-state index is -0.219. The Labute approximate surface area is 143 Å². The van der Waals surface area contributed by atoms with E-state index in [0.717, 1.165) is 30.6 Å². The molecule has 1 aromatic heterocycles. The Balaban J connectivity index is 1.76. The van der Waals surface area contributed by atoms with E-state index in [4.69, 9.17) is 0 Å². The normalized spacial score (nSPS) is 20.0. The molecule has 3 rings (SSSR count). The first kappa shape index (κ1) is 17.1. The molecule has 3 nitrogen and oxygen atoms in total. The van der Waals surface area contributed by atoms with Crippen LogP contribution in [0.3, 0.4) is 0 Å². The van der Waals surface area contributed by atoms with Gasteiger partial charge in [-0.2, -0.15) is 0 Å². The van der Waals surface area contributed by atoms with Gasteiger partial charge < -0.3 is 5.11 Å². The summed E-state index contributed by atoms with van der Waals surface area (Å²) in [5.41, 5.74) is 2.22. The van der Waals surface area contributed by atoms with E-state index in [1.165, 1.54) is 25.0 Å². The van der Waals surface area contributed by atoms with Crippen LogP contribution in [0.5, 0.6) is 0 Å². The second-order valence-electron chi connectivity index (χ2n) is 6.37. The van der Waals surface area contributed by atoms with Gasteiger partial charge in [0.25, 0.3) is 0 Å². The Kier molecular flexibility index (Phi) is 5.94. The molecule has 0 aliphatic carbocycles. The number of hydrogen-bond donors (Lipinski definition) is 1. The highest BCUT2D eigenvalue weighted by molar-refractivity contribution is 5.34. The lowest BCUT2D eigenvalue weighted by atomic mass is 9.88. The summed E-state index contributed by atoms with van der Waals surface area (Å²) in [6.07, 6.45) is 9.26. The Morgan fingerprint density at radius 1 is 1.12 bits per heavy atom. The van der Waals surface area contributed by atoms with Crippen molar-refractivity contribution in [3.8, 4) is 0 Å². The third-order valence-electron chi connectivity index (χ3n) is 4.83. The molecule has 1 aromatic carbocycles. The quantitative estimate of drug-likeness (QED) is 0.883. The SMILES string of the molecule is OCC1CCCCN1C[CH]C(c1ccncc1)c1ccc(F)cc1. The molecule has 0 bridgehead atoms. The summed E-state index contributed by atoms with van der Waals surface area (Å²) in [6, 6.07) is 11.0. The maximum absolute atomic E-state index is 13.3. The Morgan fingerprint density at radius 3 is 2.54 bits per heavy atom. The molecule has 0 spiro atoms. The van der Waals surface area contributed by atoms with Crippen molar-refractivity contribution in [3.05, 3.63) is 72.2 Å². The van der Waals surface area contributed by atoms with Crippen LogP contribution >= 0.6 is 0 Å². The van der Waals surface area contributed by atoms with Crippen LogP contribution in [0.1, 0.15) is 36.3 Å².